The van der Waals surface area contributed by atoms with Gasteiger partial charge in [-0.3, -0.25) is 0 Å². The Morgan fingerprint density at radius 1 is 1.04 bits per heavy atom. The van der Waals surface area contributed by atoms with E-state index in [2.05, 4.69) is 5.16 Å². The fraction of sp³-hybridized carbons (Fsp3) is 0.500. The number of halogens is 2. The van der Waals surface area contributed by atoms with E-state index in [9.17, 15) is 18.4 Å². The SMILES string of the molecule is CC(C)(C)OC(=O)N(Cc1ccc(/C(N)=N/O)c(F)c1F)C(=O)OC(C)(C)C. The third-order valence-electron chi connectivity index (χ3n) is 3.10. The first-order valence-corrected chi connectivity index (χ1v) is 8.34. The standard InChI is InChI=1S/C18H25F2N3O5/c1-17(2,3)27-15(24)23(16(25)28-18(4,5)6)9-10-7-8-11(14(21)22-26)13(20)12(10)19/h7-8,26H,9H2,1-6H3,(H2,21,22). The van der Waals surface area contributed by atoms with E-state index in [1.54, 1.807) is 41.5 Å². The molecule has 1 aromatic carbocycles. The molecule has 3 N–H and O–H groups in total. The summed E-state index contributed by atoms with van der Waals surface area (Å²) in [5.41, 5.74) is 2.62. The highest BCUT2D eigenvalue weighted by Crippen LogP contribution is 2.21. The molecule has 0 saturated carbocycles. The average Bonchev–Trinajstić information content (AvgIpc) is 2.52. The number of imide groups is 1. The fourth-order valence-corrected chi connectivity index (χ4v) is 1.97. The molecule has 28 heavy (non-hydrogen) atoms. The van der Waals surface area contributed by atoms with Gasteiger partial charge in [0.2, 0.25) is 0 Å². The van der Waals surface area contributed by atoms with Crippen molar-refractivity contribution >= 4 is 18.0 Å². The summed E-state index contributed by atoms with van der Waals surface area (Å²) < 4.78 is 38.9. The van der Waals surface area contributed by atoms with E-state index in [1.165, 1.54) is 0 Å². The maximum atomic E-state index is 14.4. The van der Waals surface area contributed by atoms with E-state index < -0.39 is 53.0 Å². The molecule has 2 amide bonds. The number of amidine groups is 1. The first-order valence-electron chi connectivity index (χ1n) is 8.34. The van der Waals surface area contributed by atoms with Crippen molar-refractivity contribution in [1.82, 2.24) is 4.90 Å². The van der Waals surface area contributed by atoms with Gasteiger partial charge in [0.1, 0.15) is 11.2 Å². The molecule has 0 aliphatic carbocycles. The predicted molar refractivity (Wildman–Crippen MR) is 96.9 cm³/mol. The number of ether oxygens (including phenoxy) is 2. The molecule has 0 spiro atoms. The van der Waals surface area contributed by atoms with Crippen LogP contribution in [0.1, 0.15) is 52.7 Å². The van der Waals surface area contributed by atoms with E-state index in [4.69, 9.17) is 20.4 Å². The van der Waals surface area contributed by atoms with Crippen LogP contribution in [0.4, 0.5) is 18.4 Å². The summed E-state index contributed by atoms with van der Waals surface area (Å²) in [6, 6.07) is 2.17. The van der Waals surface area contributed by atoms with E-state index in [0.29, 0.717) is 4.90 Å². The zero-order valence-corrected chi connectivity index (χ0v) is 16.7. The Labute approximate surface area is 161 Å². The highest BCUT2D eigenvalue weighted by molar-refractivity contribution is 5.97. The Bertz CT molecular complexity index is 755. The van der Waals surface area contributed by atoms with Crippen molar-refractivity contribution in [3.05, 3.63) is 34.9 Å². The molecule has 0 fully saturated rings. The third-order valence-corrected chi connectivity index (χ3v) is 3.10. The van der Waals surface area contributed by atoms with Crippen LogP contribution in [0, 0.1) is 11.6 Å². The van der Waals surface area contributed by atoms with Crippen molar-refractivity contribution in [3.8, 4) is 0 Å². The van der Waals surface area contributed by atoms with Crippen molar-refractivity contribution in [2.24, 2.45) is 10.9 Å². The van der Waals surface area contributed by atoms with Gasteiger partial charge in [0.25, 0.3) is 0 Å². The number of nitrogens with zero attached hydrogens (tertiary/aromatic N) is 2. The van der Waals surface area contributed by atoms with E-state index in [1.807, 2.05) is 0 Å². The lowest BCUT2D eigenvalue weighted by Crippen LogP contribution is -2.43. The minimum atomic E-state index is -1.39. The van der Waals surface area contributed by atoms with Gasteiger partial charge in [-0.15, -0.1) is 0 Å². The number of carbonyl (C=O) groups excluding carboxylic acids is 2. The monoisotopic (exact) mass is 401 g/mol. The highest BCUT2D eigenvalue weighted by Gasteiger charge is 2.32. The number of amides is 2. The zero-order valence-electron chi connectivity index (χ0n) is 16.7. The maximum absolute atomic E-state index is 14.4. The average molecular weight is 401 g/mol. The van der Waals surface area contributed by atoms with Gasteiger partial charge in [-0.1, -0.05) is 11.2 Å². The molecule has 0 atom stereocenters. The van der Waals surface area contributed by atoms with Gasteiger partial charge in [-0.05, 0) is 47.6 Å². The second-order valence-electron chi connectivity index (χ2n) is 7.93. The van der Waals surface area contributed by atoms with Crippen LogP contribution in [-0.4, -0.2) is 39.3 Å². The summed E-state index contributed by atoms with van der Waals surface area (Å²) in [7, 11) is 0. The molecular formula is C18H25F2N3O5. The summed E-state index contributed by atoms with van der Waals surface area (Å²) in [4.78, 5) is 25.4. The Hall–Kier alpha value is -2.91. The molecule has 0 unspecified atom stereocenters. The van der Waals surface area contributed by atoms with Gasteiger partial charge in [0.05, 0.1) is 12.1 Å². The second kappa shape index (κ2) is 8.41. The van der Waals surface area contributed by atoms with Crippen molar-refractivity contribution in [3.63, 3.8) is 0 Å². The van der Waals surface area contributed by atoms with E-state index in [0.717, 1.165) is 12.1 Å². The molecular weight excluding hydrogens is 376 g/mol. The summed E-state index contributed by atoms with van der Waals surface area (Å²) in [5.74, 6) is -3.37. The number of hydrogen-bond donors (Lipinski definition) is 2. The van der Waals surface area contributed by atoms with Gasteiger partial charge >= 0.3 is 12.2 Å². The quantitative estimate of drug-likeness (QED) is 0.345. The molecule has 0 heterocycles. The maximum Gasteiger partial charge on any atom is 0.420 e. The van der Waals surface area contributed by atoms with Crippen LogP contribution >= 0.6 is 0 Å². The normalized spacial score (nSPS) is 12.5. The molecule has 10 heteroatoms. The number of hydrogen-bond acceptors (Lipinski definition) is 6. The Kier molecular flexibility index (Phi) is 6.94. The van der Waals surface area contributed by atoms with Crippen LogP contribution in [0.5, 0.6) is 0 Å². The third kappa shape index (κ3) is 6.36. The van der Waals surface area contributed by atoms with E-state index >= 15 is 0 Å². The predicted octanol–water partition coefficient (Wildman–Crippen LogP) is 3.73. The van der Waals surface area contributed by atoms with Crippen LogP contribution in [-0.2, 0) is 16.0 Å². The molecule has 1 aromatic rings. The number of oxime groups is 1. The van der Waals surface area contributed by atoms with Crippen LogP contribution in [0.3, 0.4) is 0 Å². The molecule has 0 radical (unpaired) electrons. The number of nitrogens with two attached hydrogens (primary N) is 1. The van der Waals surface area contributed by atoms with Crippen molar-refractivity contribution in [1.29, 1.82) is 0 Å². The minimum absolute atomic E-state index is 0.330. The first-order chi connectivity index (χ1) is 12.7. The summed E-state index contributed by atoms with van der Waals surface area (Å²) in [6.45, 7) is 8.88. The van der Waals surface area contributed by atoms with Gasteiger partial charge in [0.15, 0.2) is 17.5 Å². The number of benzene rings is 1. The lowest BCUT2D eigenvalue weighted by Gasteiger charge is -2.28. The van der Waals surface area contributed by atoms with Gasteiger partial charge < -0.3 is 20.4 Å². The smallest absolute Gasteiger partial charge is 0.420 e. The Balaban J connectivity index is 3.28. The number of rotatable bonds is 3. The molecule has 156 valence electrons. The first kappa shape index (κ1) is 23.1. The molecule has 0 aromatic heterocycles. The summed E-state index contributed by atoms with van der Waals surface area (Å²) in [6.07, 6.45) is -2.16. The molecule has 0 bridgehead atoms. The molecule has 0 aliphatic rings. The number of carbonyl (C=O) groups is 2. The van der Waals surface area contributed by atoms with Crippen molar-refractivity contribution < 1.29 is 33.1 Å². The highest BCUT2D eigenvalue weighted by atomic mass is 19.2. The lowest BCUT2D eigenvalue weighted by molar-refractivity contribution is -0.000432. The summed E-state index contributed by atoms with van der Waals surface area (Å²) >= 11 is 0. The van der Waals surface area contributed by atoms with Crippen LogP contribution in [0.25, 0.3) is 0 Å². The Morgan fingerprint density at radius 2 is 1.50 bits per heavy atom. The largest absolute Gasteiger partial charge is 0.443 e. The molecule has 8 nitrogen and oxygen atoms in total. The fourth-order valence-electron chi connectivity index (χ4n) is 1.97. The van der Waals surface area contributed by atoms with Crippen LogP contribution < -0.4 is 5.73 Å². The topological polar surface area (TPSA) is 114 Å². The van der Waals surface area contributed by atoms with E-state index in [-0.39, 0.29) is 5.56 Å². The molecule has 0 aliphatic heterocycles. The van der Waals surface area contributed by atoms with Crippen LogP contribution in [0.2, 0.25) is 0 Å². The van der Waals surface area contributed by atoms with Crippen molar-refractivity contribution in [2.45, 2.75) is 59.3 Å². The molecule has 1 rings (SSSR count). The molecule has 0 saturated heterocycles. The Morgan fingerprint density at radius 3 is 1.89 bits per heavy atom. The zero-order chi connectivity index (χ0) is 21.9. The van der Waals surface area contributed by atoms with Crippen LogP contribution in [0.15, 0.2) is 17.3 Å². The van der Waals surface area contributed by atoms with Crippen molar-refractivity contribution in [2.75, 3.05) is 0 Å². The second-order valence-corrected chi connectivity index (χ2v) is 7.93. The summed E-state index contributed by atoms with van der Waals surface area (Å²) in [5, 5.41) is 11.2. The van der Waals surface area contributed by atoms with Gasteiger partial charge in [-0.2, -0.15) is 0 Å². The lowest BCUT2D eigenvalue weighted by atomic mass is 10.1. The van der Waals surface area contributed by atoms with Gasteiger partial charge in [-0.25, -0.2) is 23.3 Å². The van der Waals surface area contributed by atoms with Gasteiger partial charge in [0, 0.05) is 5.56 Å². The minimum Gasteiger partial charge on any atom is -0.443 e.